The molecule has 2 atom stereocenters. The van der Waals surface area contributed by atoms with Gasteiger partial charge in [0, 0.05) is 6.54 Å². The number of benzene rings is 2. The number of rotatable bonds is 5. The van der Waals surface area contributed by atoms with E-state index in [4.69, 9.17) is 4.74 Å². The lowest BCUT2D eigenvalue weighted by Crippen LogP contribution is -2.41. The number of hydrogen-bond donors (Lipinski definition) is 1. The summed E-state index contributed by atoms with van der Waals surface area (Å²) in [5, 5.41) is 2.92. The molecular formula is C18H20N2O2. The number of nitrogens with one attached hydrogen (secondary N) is 1. The summed E-state index contributed by atoms with van der Waals surface area (Å²) in [5.41, 5.74) is 2.42. The average molecular weight is 296 g/mol. The van der Waals surface area contributed by atoms with Crippen molar-refractivity contribution in [3.63, 3.8) is 0 Å². The molecule has 0 spiro atoms. The Kier molecular flexibility index (Phi) is 4.39. The van der Waals surface area contributed by atoms with Gasteiger partial charge in [0.1, 0.15) is 6.61 Å². The van der Waals surface area contributed by atoms with Crippen molar-refractivity contribution in [1.29, 1.82) is 0 Å². The fraction of sp³-hybridized carbons (Fsp3) is 0.278. The van der Waals surface area contributed by atoms with Gasteiger partial charge >= 0.3 is 6.09 Å². The van der Waals surface area contributed by atoms with Crippen LogP contribution in [0.15, 0.2) is 60.7 Å². The second-order valence-corrected chi connectivity index (χ2v) is 5.61. The molecule has 1 saturated heterocycles. The molecule has 1 aliphatic heterocycles. The third-order valence-electron chi connectivity index (χ3n) is 3.97. The first-order chi connectivity index (χ1) is 10.7. The lowest BCUT2D eigenvalue weighted by Gasteiger charge is -2.32. The van der Waals surface area contributed by atoms with Crippen LogP contribution < -0.4 is 5.32 Å². The summed E-state index contributed by atoms with van der Waals surface area (Å²) < 4.78 is 5.09. The SMILES string of the molecule is CN(Cc1ccccc1)[C@@H](c1ccccc1)[C@H]1COC(=O)N1. The Morgan fingerprint density at radius 1 is 1.14 bits per heavy atom. The van der Waals surface area contributed by atoms with E-state index in [1.165, 1.54) is 11.1 Å². The maximum Gasteiger partial charge on any atom is 0.407 e. The van der Waals surface area contributed by atoms with Crippen LogP contribution >= 0.6 is 0 Å². The molecule has 0 bridgehead atoms. The lowest BCUT2D eigenvalue weighted by atomic mass is 9.98. The molecule has 4 heteroatoms. The van der Waals surface area contributed by atoms with Crippen LogP contribution in [0.25, 0.3) is 0 Å². The number of carbonyl (C=O) groups is 1. The van der Waals surface area contributed by atoms with Crippen LogP contribution in [0.3, 0.4) is 0 Å². The Morgan fingerprint density at radius 2 is 1.77 bits per heavy atom. The molecule has 22 heavy (non-hydrogen) atoms. The highest BCUT2D eigenvalue weighted by atomic mass is 16.6. The largest absolute Gasteiger partial charge is 0.447 e. The van der Waals surface area contributed by atoms with Crippen LogP contribution in [0.4, 0.5) is 4.79 Å². The van der Waals surface area contributed by atoms with Gasteiger partial charge in [-0.05, 0) is 18.2 Å². The molecular weight excluding hydrogens is 276 g/mol. The van der Waals surface area contributed by atoms with Crippen LogP contribution in [0.2, 0.25) is 0 Å². The molecule has 114 valence electrons. The molecule has 4 nitrogen and oxygen atoms in total. The van der Waals surface area contributed by atoms with Crippen LogP contribution in [-0.4, -0.2) is 30.7 Å². The Labute approximate surface area is 130 Å². The van der Waals surface area contributed by atoms with Crippen LogP contribution in [-0.2, 0) is 11.3 Å². The topological polar surface area (TPSA) is 41.6 Å². The molecule has 1 N–H and O–H groups in total. The molecule has 1 fully saturated rings. The van der Waals surface area contributed by atoms with Crippen molar-refractivity contribution < 1.29 is 9.53 Å². The van der Waals surface area contributed by atoms with Gasteiger partial charge in [-0.2, -0.15) is 0 Å². The average Bonchev–Trinajstić information content (AvgIpc) is 2.95. The Balaban J connectivity index is 1.83. The van der Waals surface area contributed by atoms with Gasteiger partial charge in [-0.1, -0.05) is 60.7 Å². The third kappa shape index (κ3) is 3.28. The van der Waals surface area contributed by atoms with Gasteiger partial charge in [0.15, 0.2) is 0 Å². The normalized spacial score (nSPS) is 18.8. The van der Waals surface area contributed by atoms with Crippen molar-refractivity contribution in [1.82, 2.24) is 10.2 Å². The van der Waals surface area contributed by atoms with E-state index in [-0.39, 0.29) is 18.2 Å². The summed E-state index contributed by atoms with van der Waals surface area (Å²) in [6, 6.07) is 20.6. The summed E-state index contributed by atoms with van der Waals surface area (Å²) >= 11 is 0. The van der Waals surface area contributed by atoms with Crippen molar-refractivity contribution in [2.75, 3.05) is 13.7 Å². The van der Waals surface area contributed by atoms with E-state index in [1.807, 2.05) is 36.4 Å². The Hall–Kier alpha value is -2.33. The maximum absolute atomic E-state index is 11.4. The van der Waals surface area contributed by atoms with E-state index in [2.05, 4.69) is 41.5 Å². The molecule has 0 radical (unpaired) electrons. The molecule has 2 aromatic carbocycles. The van der Waals surface area contributed by atoms with E-state index >= 15 is 0 Å². The van der Waals surface area contributed by atoms with Gasteiger partial charge in [-0.3, -0.25) is 4.90 Å². The summed E-state index contributed by atoms with van der Waals surface area (Å²) in [7, 11) is 2.08. The number of nitrogens with zero attached hydrogens (tertiary/aromatic N) is 1. The standard InChI is InChI=1S/C18H20N2O2/c1-20(12-14-8-4-2-5-9-14)17(15-10-6-3-7-11-15)16-13-22-18(21)19-16/h2-11,16-17H,12-13H2,1H3,(H,19,21)/t16-,17+/m1/s1. The highest BCUT2D eigenvalue weighted by Crippen LogP contribution is 2.27. The van der Waals surface area contributed by atoms with E-state index in [9.17, 15) is 4.79 Å². The first kappa shape index (κ1) is 14.6. The maximum atomic E-state index is 11.4. The summed E-state index contributed by atoms with van der Waals surface area (Å²) in [6.45, 7) is 1.21. The van der Waals surface area contributed by atoms with Crippen LogP contribution in [0.1, 0.15) is 17.2 Å². The van der Waals surface area contributed by atoms with Crippen molar-refractivity contribution in [2.45, 2.75) is 18.6 Å². The number of carbonyl (C=O) groups excluding carboxylic acids is 1. The van der Waals surface area contributed by atoms with Gasteiger partial charge in [-0.25, -0.2) is 4.79 Å². The minimum Gasteiger partial charge on any atom is -0.447 e. The summed E-state index contributed by atoms with van der Waals surface area (Å²) in [5.74, 6) is 0. The van der Waals surface area contributed by atoms with Gasteiger partial charge in [-0.15, -0.1) is 0 Å². The number of hydrogen-bond acceptors (Lipinski definition) is 3. The minimum atomic E-state index is -0.334. The predicted molar refractivity (Wildman–Crippen MR) is 85.4 cm³/mol. The number of cyclic esters (lactones) is 1. The summed E-state index contributed by atoms with van der Waals surface area (Å²) in [4.78, 5) is 13.7. The van der Waals surface area contributed by atoms with Crippen molar-refractivity contribution >= 4 is 6.09 Å². The zero-order valence-corrected chi connectivity index (χ0v) is 12.6. The molecule has 2 aromatic rings. The zero-order valence-electron chi connectivity index (χ0n) is 12.6. The first-order valence-corrected chi connectivity index (χ1v) is 7.46. The van der Waals surface area contributed by atoms with Gasteiger partial charge in [0.2, 0.25) is 0 Å². The predicted octanol–water partition coefficient (Wildman–Crippen LogP) is 2.97. The molecule has 1 heterocycles. The van der Waals surface area contributed by atoms with Gasteiger partial charge in [0.05, 0.1) is 12.1 Å². The second-order valence-electron chi connectivity index (χ2n) is 5.61. The molecule has 0 aliphatic carbocycles. The molecule has 3 rings (SSSR count). The quantitative estimate of drug-likeness (QED) is 0.922. The molecule has 1 aliphatic rings. The van der Waals surface area contributed by atoms with Gasteiger partial charge < -0.3 is 10.1 Å². The van der Waals surface area contributed by atoms with Crippen LogP contribution in [0, 0.1) is 0 Å². The Morgan fingerprint density at radius 3 is 2.36 bits per heavy atom. The smallest absolute Gasteiger partial charge is 0.407 e. The highest BCUT2D eigenvalue weighted by molar-refractivity contribution is 5.69. The second kappa shape index (κ2) is 6.62. The van der Waals surface area contributed by atoms with Crippen molar-refractivity contribution in [2.24, 2.45) is 0 Å². The van der Waals surface area contributed by atoms with E-state index in [0.29, 0.717) is 6.61 Å². The number of amides is 1. The van der Waals surface area contributed by atoms with Gasteiger partial charge in [0.25, 0.3) is 0 Å². The number of ether oxygens (including phenoxy) is 1. The van der Waals surface area contributed by atoms with E-state index in [0.717, 1.165) is 6.54 Å². The Bertz CT molecular complexity index is 615. The third-order valence-corrected chi connectivity index (χ3v) is 3.97. The lowest BCUT2D eigenvalue weighted by molar-refractivity contribution is 0.162. The fourth-order valence-electron chi connectivity index (χ4n) is 2.98. The minimum absolute atomic E-state index is 0.0383. The molecule has 0 unspecified atom stereocenters. The van der Waals surface area contributed by atoms with Crippen LogP contribution in [0.5, 0.6) is 0 Å². The van der Waals surface area contributed by atoms with Crippen molar-refractivity contribution in [3.05, 3.63) is 71.8 Å². The van der Waals surface area contributed by atoms with Crippen molar-refractivity contribution in [3.8, 4) is 0 Å². The molecule has 1 amide bonds. The molecule has 0 aromatic heterocycles. The monoisotopic (exact) mass is 296 g/mol. The highest BCUT2D eigenvalue weighted by Gasteiger charge is 2.33. The van der Waals surface area contributed by atoms with E-state index in [1.54, 1.807) is 0 Å². The summed E-state index contributed by atoms with van der Waals surface area (Å²) in [6.07, 6.45) is -0.334. The number of likely N-dealkylation sites (N-methyl/N-ethyl adjacent to an activating group) is 1. The first-order valence-electron chi connectivity index (χ1n) is 7.46. The number of alkyl carbamates (subject to hydrolysis) is 1. The fourth-order valence-corrected chi connectivity index (χ4v) is 2.98. The van der Waals surface area contributed by atoms with E-state index < -0.39 is 0 Å². The molecule has 0 saturated carbocycles. The zero-order chi connectivity index (χ0) is 15.4.